The molecule has 0 aliphatic carbocycles. The van der Waals surface area contributed by atoms with E-state index in [4.69, 9.17) is 9.47 Å². The Morgan fingerprint density at radius 1 is 1.30 bits per heavy atom. The van der Waals surface area contributed by atoms with E-state index in [-0.39, 0.29) is 5.97 Å². The monoisotopic (exact) mass is 278 g/mol. The first-order valence-electron chi connectivity index (χ1n) is 7.22. The second kappa shape index (κ2) is 7.32. The molecule has 0 N–H and O–H groups in total. The highest BCUT2D eigenvalue weighted by Gasteiger charge is 2.36. The molecule has 0 fully saturated rings. The minimum Gasteiger partial charge on any atom is -0.496 e. The van der Waals surface area contributed by atoms with E-state index < -0.39 is 5.41 Å². The quantitative estimate of drug-likeness (QED) is 0.711. The third kappa shape index (κ3) is 4.26. The summed E-state index contributed by atoms with van der Waals surface area (Å²) in [5, 5.41) is 0. The van der Waals surface area contributed by atoms with Crippen molar-refractivity contribution in [1.82, 2.24) is 0 Å². The van der Waals surface area contributed by atoms with Crippen LogP contribution in [0.4, 0.5) is 0 Å². The average Bonchev–Trinajstić information content (AvgIpc) is 2.38. The Kier molecular flexibility index (Phi) is 6.05. The number of para-hydroxylation sites is 1. The summed E-state index contributed by atoms with van der Waals surface area (Å²) in [7, 11) is 1.66. The fourth-order valence-electron chi connectivity index (χ4n) is 2.70. The third-order valence-corrected chi connectivity index (χ3v) is 3.40. The molecular formula is C17H26O3. The molecule has 112 valence electrons. The van der Waals surface area contributed by atoms with Gasteiger partial charge in [-0.25, -0.2) is 0 Å². The van der Waals surface area contributed by atoms with Crippen molar-refractivity contribution in [3.8, 4) is 5.75 Å². The first-order valence-corrected chi connectivity index (χ1v) is 7.22. The molecular weight excluding hydrogens is 252 g/mol. The van der Waals surface area contributed by atoms with E-state index in [0.29, 0.717) is 18.9 Å². The zero-order chi connectivity index (χ0) is 15.2. The first kappa shape index (κ1) is 16.5. The van der Waals surface area contributed by atoms with Crippen molar-refractivity contribution < 1.29 is 14.3 Å². The van der Waals surface area contributed by atoms with Gasteiger partial charge in [-0.05, 0) is 44.2 Å². The van der Waals surface area contributed by atoms with E-state index >= 15 is 0 Å². The van der Waals surface area contributed by atoms with Crippen molar-refractivity contribution in [3.63, 3.8) is 0 Å². The van der Waals surface area contributed by atoms with Gasteiger partial charge in [0.25, 0.3) is 0 Å². The van der Waals surface area contributed by atoms with Crippen molar-refractivity contribution in [1.29, 1.82) is 0 Å². The molecule has 0 heterocycles. The molecule has 3 heteroatoms. The fraction of sp³-hybridized carbons (Fsp3) is 0.588. The van der Waals surface area contributed by atoms with Gasteiger partial charge in [-0.3, -0.25) is 4.79 Å². The van der Waals surface area contributed by atoms with Crippen LogP contribution in [0.15, 0.2) is 24.3 Å². The van der Waals surface area contributed by atoms with E-state index in [1.807, 2.05) is 38.1 Å². The summed E-state index contributed by atoms with van der Waals surface area (Å²) < 4.78 is 10.7. The van der Waals surface area contributed by atoms with Gasteiger partial charge in [-0.2, -0.15) is 0 Å². The van der Waals surface area contributed by atoms with E-state index in [2.05, 4.69) is 13.8 Å². The molecule has 0 bridgehead atoms. The van der Waals surface area contributed by atoms with Gasteiger partial charge in [-0.1, -0.05) is 32.0 Å². The largest absolute Gasteiger partial charge is 0.496 e. The summed E-state index contributed by atoms with van der Waals surface area (Å²) >= 11 is 0. The van der Waals surface area contributed by atoms with Crippen molar-refractivity contribution in [2.45, 2.75) is 40.5 Å². The molecule has 0 saturated carbocycles. The SMILES string of the molecule is CCOC(=O)C(C)(Cc1ccccc1OC)CC(C)C. The van der Waals surface area contributed by atoms with Crippen LogP contribution in [-0.4, -0.2) is 19.7 Å². The summed E-state index contributed by atoms with van der Waals surface area (Å²) in [6.45, 7) is 8.49. The summed E-state index contributed by atoms with van der Waals surface area (Å²) in [6.07, 6.45) is 1.43. The van der Waals surface area contributed by atoms with Crippen LogP contribution in [0.25, 0.3) is 0 Å². The molecule has 1 atom stereocenters. The van der Waals surface area contributed by atoms with Gasteiger partial charge in [-0.15, -0.1) is 0 Å². The number of carbonyl (C=O) groups excluding carboxylic acids is 1. The third-order valence-electron chi connectivity index (χ3n) is 3.40. The van der Waals surface area contributed by atoms with Gasteiger partial charge in [0, 0.05) is 0 Å². The van der Waals surface area contributed by atoms with Crippen LogP contribution in [-0.2, 0) is 16.0 Å². The first-order chi connectivity index (χ1) is 9.42. The highest BCUT2D eigenvalue weighted by atomic mass is 16.5. The number of carbonyl (C=O) groups is 1. The van der Waals surface area contributed by atoms with Crippen molar-refractivity contribution in [3.05, 3.63) is 29.8 Å². The van der Waals surface area contributed by atoms with Crippen molar-refractivity contribution in [2.75, 3.05) is 13.7 Å². The summed E-state index contributed by atoms with van der Waals surface area (Å²) in [5.41, 5.74) is 0.532. The average molecular weight is 278 g/mol. The molecule has 1 unspecified atom stereocenters. The van der Waals surface area contributed by atoms with Crippen LogP contribution in [0.5, 0.6) is 5.75 Å². The Morgan fingerprint density at radius 2 is 1.95 bits per heavy atom. The van der Waals surface area contributed by atoms with Gasteiger partial charge >= 0.3 is 5.97 Å². The van der Waals surface area contributed by atoms with Gasteiger partial charge in [0.15, 0.2) is 0 Å². The normalized spacial score (nSPS) is 13.9. The van der Waals surface area contributed by atoms with Crippen LogP contribution in [0.1, 0.15) is 39.7 Å². The minimum absolute atomic E-state index is 0.125. The smallest absolute Gasteiger partial charge is 0.312 e. The fourth-order valence-corrected chi connectivity index (χ4v) is 2.70. The van der Waals surface area contributed by atoms with Crippen LogP contribution in [0.2, 0.25) is 0 Å². The highest BCUT2D eigenvalue weighted by Crippen LogP contribution is 2.34. The van der Waals surface area contributed by atoms with E-state index in [9.17, 15) is 4.79 Å². The molecule has 0 amide bonds. The predicted molar refractivity (Wildman–Crippen MR) is 80.9 cm³/mol. The summed E-state index contributed by atoms with van der Waals surface area (Å²) in [6, 6.07) is 7.85. The number of methoxy groups -OCH3 is 1. The number of esters is 1. The summed E-state index contributed by atoms with van der Waals surface area (Å²) in [5.74, 6) is 1.13. The van der Waals surface area contributed by atoms with Crippen LogP contribution in [0, 0.1) is 11.3 Å². The second-order valence-electron chi connectivity index (χ2n) is 5.87. The standard InChI is InChI=1S/C17H26O3/c1-6-20-16(18)17(4,11-13(2)3)12-14-9-7-8-10-15(14)19-5/h7-10,13H,6,11-12H2,1-5H3. The van der Waals surface area contributed by atoms with Gasteiger partial charge < -0.3 is 9.47 Å². The molecule has 1 rings (SSSR count). The summed E-state index contributed by atoms with van der Waals surface area (Å²) in [4.78, 5) is 12.3. The maximum absolute atomic E-state index is 12.3. The molecule has 1 aromatic rings. The molecule has 0 aromatic heterocycles. The molecule has 0 saturated heterocycles. The minimum atomic E-state index is -0.515. The van der Waals surface area contributed by atoms with E-state index in [0.717, 1.165) is 17.7 Å². The maximum atomic E-state index is 12.3. The molecule has 0 radical (unpaired) electrons. The predicted octanol–water partition coefficient (Wildman–Crippen LogP) is 3.85. The topological polar surface area (TPSA) is 35.5 Å². The zero-order valence-electron chi connectivity index (χ0n) is 13.2. The molecule has 1 aromatic carbocycles. The van der Waals surface area contributed by atoms with Crippen LogP contribution < -0.4 is 4.74 Å². The Bertz CT molecular complexity index is 440. The van der Waals surface area contributed by atoms with Gasteiger partial charge in [0.05, 0.1) is 19.1 Å². The highest BCUT2D eigenvalue weighted by molar-refractivity contribution is 5.77. The molecule has 0 aliphatic heterocycles. The van der Waals surface area contributed by atoms with Gasteiger partial charge in [0.2, 0.25) is 0 Å². The lowest BCUT2D eigenvalue weighted by molar-refractivity contribution is -0.155. The van der Waals surface area contributed by atoms with Crippen molar-refractivity contribution in [2.24, 2.45) is 11.3 Å². The lowest BCUT2D eigenvalue weighted by Crippen LogP contribution is -2.34. The van der Waals surface area contributed by atoms with Crippen LogP contribution in [0.3, 0.4) is 0 Å². The van der Waals surface area contributed by atoms with Crippen molar-refractivity contribution >= 4 is 5.97 Å². The second-order valence-corrected chi connectivity index (χ2v) is 5.87. The Morgan fingerprint density at radius 3 is 2.50 bits per heavy atom. The Labute approximate surface area is 122 Å². The lowest BCUT2D eigenvalue weighted by Gasteiger charge is -2.29. The zero-order valence-corrected chi connectivity index (χ0v) is 13.2. The number of ether oxygens (including phenoxy) is 2. The Balaban J connectivity index is 3.02. The number of hydrogen-bond donors (Lipinski definition) is 0. The van der Waals surface area contributed by atoms with E-state index in [1.165, 1.54) is 0 Å². The number of benzene rings is 1. The molecule has 0 spiro atoms. The molecule has 3 nitrogen and oxygen atoms in total. The lowest BCUT2D eigenvalue weighted by atomic mass is 9.77. The Hall–Kier alpha value is -1.51. The van der Waals surface area contributed by atoms with E-state index in [1.54, 1.807) is 7.11 Å². The van der Waals surface area contributed by atoms with Crippen LogP contribution >= 0.6 is 0 Å². The molecule has 20 heavy (non-hydrogen) atoms. The number of hydrogen-bond acceptors (Lipinski definition) is 3. The van der Waals surface area contributed by atoms with Gasteiger partial charge in [0.1, 0.15) is 5.75 Å². The molecule has 0 aliphatic rings. The number of rotatable bonds is 7. The maximum Gasteiger partial charge on any atom is 0.312 e.